The number of fused-ring (bicyclic) bond motifs is 1. The highest BCUT2D eigenvalue weighted by molar-refractivity contribution is 6.30. The molecule has 1 unspecified atom stereocenters. The second-order valence-electron chi connectivity index (χ2n) is 5.81. The summed E-state index contributed by atoms with van der Waals surface area (Å²) in [6.45, 7) is 0. The molecule has 0 spiro atoms. The van der Waals surface area contributed by atoms with Gasteiger partial charge < -0.3 is 11.1 Å². The minimum Gasteiger partial charge on any atom is -0.369 e. The first-order chi connectivity index (χ1) is 12.1. The Morgan fingerprint density at radius 2 is 1.76 bits per heavy atom. The van der Waals surface area contributed by atoms with Crippen molar-refractivity contribution in [3.63, 3.8) is 0 Å². The Kier molecular flexibility index (Phi) is 3.78. The van der Waals surface area contributed by atoms with Crippen LogP contribution in [0.15, 0.2) is 65.5 Å². The number of hydrogen-bond donors (Lipinski definition) is 3. The molecule has 1 atom stereocenters. The predicted molar refractivity (Wildman–Crippen MR) is 101 cm³/mol. The molecule has 1 aliphatic rings. The molecule has 124 valence electrons. The van der Waals surface area contributed by atoms with Crippen molar-refractivity contribution in [3.05, 3.63) is 92.7 Å². The van der Waals surface area contributed by atoms with Gasteiger partial charge in [0.05, 0.1) is 5.56 Å². The van der Waals surface area contributed by atoms with Crippen molar-refractivity contribution in [3.8, 4) is 0 Å². The van der Waals surface area contributed by atoms with Gasteiger partial charge in [-0.3, -0.25) is 9.78 Å². The molecule has 6 heteroatoms. The van der Waals surface area contributed by atoms with Crippen molar-refractivity contribution < 1.29 is 0 Å². The van der Waals surface area contributed by atoms with Gasteiger partial charge >= 0.3 is 0 Å². The molecule has 0 saturated heterocycles. The van der Waals surface area contributed by atoms with Gasteiger partial charge in [0.2, 0.25) is 5.95 Å². The van der Waals surface area contributed by atoms with E-state index in [0.717, 1.165) is 16.8 Å². The molecule has 2 aromatic carbocycles. The van der Waals surface area contributed by atoms with Crippen molar-refractivity contribution in [2.45, 2.75) is 5.92 Å². The van der Waals surface area contributed by atoms with Crippen molar-refractivity contribution in [1.29, 1.82) is 0 Å². The van der Waals surface area contributed by atoms with E-state index >= 15 is 0 Å². The third-order valence-electron chi connectivity index (χ3n) is 4.18. The standard InChI is InChI=1S/C19H15ClN4O/c20-13-8-6-11(7-9-13)14-10-15(12-4-2-1-3-5-12)22-17-16(14)18(25)24-19(21)23-17/h1-10,14H,(H4,21,22,23,24,25). The summed E-state index contributed by atoms with van der Waals surface area (Å²) in [4.78, 5) is 19.4. The fourth-order valence-electron chi connectivity index (χ4n) is 3.02. The van der Waals surface area contributed by atoms with Crippen molar-refractivity contribution >= 4 is 29.1 Å². The van der Waals surface area contributed by atoms with Crippen molar-refractivity contribution in [2.24, 2.45) is 0 Å². The van der Waals surface area contributed by atoms with Gasteiger partial charge in [0, 0.05) is 16.6 Å². The Hall–Kier alpha value is -3.05. The fraction of sp³-hybridized carbons (Fsp3) is 0.0526. The maximum atomic E-state index is 12.5. The van der Waals surface area contributed by atoms with Crippen LogP contribution in [0, 0.1) is 0 Å². The number of aromatic amines is 1. The Labute approximate surface area is 149 Å². The van der Waals surface area contributed by atoms with Gasteiger partial charge in [0.25, 0.3) is 5.56 Å². The molecule has 25 heavy (non-hydrogen) atoms. The summed E-state index contributed by atoms with van der Waals surface area (Å²) in [5.41, 5.74) is 8.86. The summed E-state index contributed by atoms with van der Waals surface area (Å²) in [5.74, 6) is 0.309. The molecule has 0 radical (unpaired) electrons. The van der Waals surface area contributed by atoms with Gasteiger partial charge in [-0.25, -0.2) is 0 Å². The van der Waals surface area contributed by atoms with Crippen LogP contribution in [0.2, 0.25) is 5.02 Å². The third kappa shape index (κ3) is 2.90. The number of anilines is 2. The fourth-order valence-corrected chi connectivity index (χ4v) is 3.15. The average Bonchev–Trinajstić information content (AvgIpc) is 2.62. The number of halogens is 1. The number of hydrogen-bond acceptors (Lipinski definition) is 4. The molecular formula is C19H15ClN4O. The van der Waals surface area contributed by atoms with Gasteiger partial charge in [-0.05, 0) is 29.3 Å². The summed E-state index contributed by atoms with van der Waals surface area (Å²) in [6.07, 6.45) is 2.02. The van der Waals surface area contributed by atoms with Crippen LogP contribution in [0.1, 0.15) is 22.6 Å². The third-order valence-corrected chi connectivity index (χ3v) is 4.44. The molecule has 0 saturated carbocycles. The molecule has 2 heterocycles. The van der Waals surface area contributed by atoms with Gasteiger partial charge in [0.1, 0.15) is 5.82 Å². The number of benzene rings is 2. The first kappa shape index (κ1) is 15.5. The highest BCUT2D eigenvalue weighted by Gasteiger charge is 2.26. The molecule has 4 rings (SSSR count). The number of aromatic nitrogens is 2. The van der Waals surface area contributed by atoms with Gasteiger partial charge in [-0.15, -0.1) is 0 Å². The molecule has 0 fully saturated rings. The molecule has 1 aliphatic heterocycles. The molecule has 1 aromatic heterocycles. The van der Waals surface area contributed by atoms with E-state index in [1.807, 2.05) is 60.7 Å². The summed E-state index contributed by atoms with van der Waals surface area (Å²) >= 11 is 6.00. The Bertz CT molecular complexity index is 1010. The van der Waals surface area contributed by atoms with E-state index in [9.17, 15) is 4.79 Å². The second-order valence-corrected chi connectivity index (χ2v) is 6.25. The normalized spacial score (nSPS) is 15.9. The first-order valence-corrected chi connectivity index (χ1v) is 8.19. The highest BCUT2D eigenvalue weighted by atomic mass is 35.5. The summed E-state index contributed by atoms with van der Waals surface area (Å²) < 4.78 is 0. The monoisotopic (exact) mass is 350 g/mol. The van der Waals surface area contributed by atoms with Crippen LogP contribution in [0.5, 0.6) is 0 Å². The molecule has 0 bridgehead atoms. The zero-order chi connectivity index (χ0) is 17.4. The number of nitrogens with zero attached hydrogens (tertiary/aromatic N) is 1. The van der Waals surface area contributed by atoms with Crippen molar-refractivity contribution in [2.75, 3.05) is 11.1 Å². The minimum atomic E-state index is -0.252. The van der Waals surface area contributed by atoms with Crippen LogP contribution in [0.3, 0.4) is 0 Å². The topological polar surface area (TPSA) is 83.8 Å². The lowest BCUT2D eigenvalue weighted by molar-refractivity contribution is 0.944. The zero-order valence-electron chi connectivity index (χ0n) is 13.2. The number of rotatable bonds is 2. The Morgan fingerprint density at radius 1 is 1.04 bits per heavy atom. The number of allylic oxidation sites excluding steroid dienone is 1. The molecule has 4 N–H and O–H groups in total. The number of nitrogens with one attached hydrogen (secondary N) is 2. The minimum absolute atomic E-state index is 0.0837. The van der Waals surface area contributed by atoms with Crippen LogP contribution in [0.25, 0.3) is 5.70 Å². The van der Waals surface area contributed by atoms with E-state index in [4.69, 9.17) is 17.3 Å². The largest absolute Gasteiger partial charge is 0.369 e. The lowest BCUT2D eigenvalue weighted by atomic mass is 9.88. The van der Waals surface area contributed by atoms with E-state index in [1.165, 1.54) is 0 Å². The Morgan fingerprint density at radius 3 is 2.48 bits per heavy atom. The van der Waals surface area contributed by atoms with Crippen LogP contribution < -0.4 is 16.6 Å². The predicted octanol–water partition coefficient (Wildman–Crippen LogP) is 3.60. The number of H-pyrrole nitrogens is 1. The summed E-state index contributed by atoms with van der Waals surface area (Å²) in [5, 5.41) is 3.88. The Balaban J connectivity index is 1.91. The van der Waals surface area contributed by atoms with Crippen molar-refractivity contribution in [1.82, 2.24) is 9.97 Å². The summed E-state index contributed by atoms with van der Waals surface area (Å²) in [7, 11) is 0. The molecule has 0 aliphatic carbocycles. The zero-order valence-corrected chi connectivity index (χ0v) is 13.9. The van der Waals surface area contributed by atoms with Crippen LogP contribution in [-0.4, -0.2) is 9.97 Å². The van der Waals surface area contributed by atoms with E-state index in [-0.39, 0.29) is 17.4 Å². The van der Waals surface area contributed by atoms with Gasteiger partial charge in [-0.1, -0.05) is 54.1 Å². The lowest BCUT2D eigenvalue weighted by Gasteiger charge is -2.25. The highest BCUT2D eigenvalue weighted by Crippen LogP contribution is 2.36. The van der Waals surface area contributed by atoms with Crippen LogP contribution >= 0.6 is 11.6 Å². The quantitative estimate of drug-likeness (QED) is 0.659. The second kappa shape index (κ2) is 6.11. The number of nitrogen functional groups attached to an aromatic ring is 1. The van der Waals surface area contributed by atoms with E-state index in [2.05, 4.69) is 15.3 Å². The van der Waals surface area contributed by atoms with E-state index < -0.39 is 0 Å². The molecule has 3 aromatic rings. The summed E-state index contributed by atoms with van der Waals surface area (Å²) in [6, 6.07) is 17.3. The van der Waals surface area contributed by atoms with E-state index in [0.29, 0.717) is 16.4 Å². The SMILES string of the molecule is Nc1nc2c(c(=O)[nH]1)C(c1ccc(Cl)cc1)C=C(c1ccccc1)N2. The van der Waals surface area contributed by atoms with Gasteiger partial charge in [-0.2, -0.15) is 4.98 Å². The maximum Gasteiger partial charge on any atom is 0.258 e. The van der Waals surface area contributed by atoms with E-state index in [1.54, 1.807) is 0 Å². The average molecular weight is 351 g/mol. The molecule has 5 nitrogen and oxygen atoms in total. The first-order valence-electron chi connectivity index (χ1n) is 7.81. The molecular weight excluding hydrogens is 336 g/mol. The molecule has 0 amide bonds. The number of nitrogens with two attached hydrogens (primary N) is 1. The smallest absolute Gasteiger partial charge is 0.258 e. The maximum absolute atomic E-state index is 12.5. The van der Waals surface area contributed by atoms with Crippen LogP contribution in [-0.2, 0) is 0 Å². The lowest BCUT2D eigenvalue weighted by Crippen LogP contribution is -2.25. The van der Waals surface area contributed by atoms with Gasteiger partial charge in [0.15, 0.2) is 0 Å². The van der Waals surface area contributed by atoms with Crippen LogP contribution in [0.4, 0.5) is 11.8 Å².